The first-order valence-corrected chi connectivity index (χ1v) is 10.8. The van der Waals surface area contributed by atoms with E-state index >= 15 is 0 Å². The second kappa shape index (κ2) is 10.1. The largest absolute Gasteiger partial charge is 0.508 e. The fourth-order valence-electron chi connectivity index (χ4n) is 2.78. The van der Waals surface area contributed by atoms with Crippen LogP contribution in [-0.2, 0) is 4.79 Å². The van der Waals surface area contributed by atoms with Gasteiger partial charge < -0.3 is 5.11 Å². The number of thioether (sulfide) groups is 1. The molecule has 0 aliphatic carbocycles. The molecule has 4 rings (SSSR count). The maximum absolute atomic E-state index is 12.3. The van der Waals surface area contributed by atoms with Crippen molar-refractivity contribution < 1.29 is 9.90 Å². The third-order valence-corrected chi connectivity index (χ3v) is 5.47. The number of amides is 1. The number of benzene rings is 2. The van der Waals surface area contributed by atoms with Gasteiger partial charge in [0, 0.05) is 28.7 Å². The monoisotopic (exact) mass is 464 g/mol. The van der Waals surface area contributed by atoms with Gasteiger partial charge in [0.1, 0.15) is 5.75 Å². The third-order valence-electron chi connectivity index (χ3n) is 4.29. The van der Waals surface area contributed by atoms with E-state index in [4.69, 9.17) is 11.6 Å². The fourth-order valence-corrected chi connectivity index (χ4v) is 3.65. The predicted octanol–water partition coefficient (Wildman–Crippen LogP) is 3.93. The van der Waals surface area contributed by atoms with Gasteiger partial charge in [-0.15, -0.1) is 10.2 Å². The van der Waals surface area contributed by atoms with E-state index in [2.05, 4.69) is 25.7 Å². The van der Waals surface area contributed by atoms with E-state index in [-0.39, 0.29) is 17.4 Å². The molecule has 0 aliphatic heterocycles. The lowest BCUT2D eigenvalue weighted by Gasteiger charge is -2.10. The summed E-state index contributed by atoms with van der Waals surface area (Å²) >= 11 is 7.28. The third kappa shape index (κ3) is 5.32. The molecule has 0 unspecified atom stereocenters. The molecule has 2 aromatic carbocycles. The number of aromatic hydroxyl groups is 1. The Balaban J connectivity index is 1.49. The summed E-state index contributed by atoms with van der Waals surface area (Å²) in [5.74, 6) is 0.595. The van der Waals surface area contributed by atoms with Crippen LogP contribution in [-0.4, -0.2) is 42.7 Å². The molecule has 10 heteroatoms. The molecule has 4 aromatic rings. The lowest BCUT2D eigenvalue weighted by molar-refractivity contribution is -0.118. The Morgan fingerprint density at radius 3 is 2.50 bits per heavy atom. The zero-order chi connectivity index (χ0) is 22.3. The summed E-state index contributed by atoms with van der Waals surface area (Å²) in [6, 6.07) is 17.4. The molecule has 8 nitrogen and oxygen atoms in total. The van der Waals surface area contributed by atoms with E-state index in [1.165, 1.54) is 18.0 Å². The molecule has 32 heavy (non-hydrogen) atoms. The quantitative estimate of drug-likeness (QED) is 0.244. The lowest BCUT2D eigenvalue weighted by Crippen LogP contribution is -2.20. The first-order valence-electron chi connectivity index (χ1n) is 9.45. The number of halogens is 1. The lowest BCUT2D eigenvalue weighted by atomic mass is 10.2. The number of aromatic nitrogens is 4. The van der Waals surface area contributed by atoms with Gasteiger partial charge in [0.25, 0.3) is 5.91 Å². The number of nitrogens with one attached hydrogen (secondary N) is 1. The topological polar surface area (TPSA) is 105 Å². The van der Waals surface area contributed by atoms with Crippen molar-refractivity contribution in [3.05, 3.63) is 83.6 Å². The number of hydrogen-bond donors (Lipinski definition) is 2. The molecule has 0 saturated heterocycles. The van der Waals surface area contributed by atoms with Gasteiger partial charge in [-0.3, -0.25) is 14.3 Å². The van der Waals surface area contributed by atoms with Gasteiger partial charge in [-0.1, -0.05) is 23.4 Å². The summed E-state index contributed by atoms with van der Waals surface area (Å²) < 4.78 is 1.86. The zero-order valence-electron chi connectivity index (χ0n) is 16.6. The molecule has 0 bridgehead atoms. The van der Waals surface area contributed by atoms with Crippen LogP contribution in [0.5, 0.6) is 5.75 Å². The first-order chi connectivity index (χ1) is 15.6. The number of phenolic OH excluding ortho intramolecular Hbond substituents is 1. The van der Waals surface area contributed by atoms with E-state index in [0.29, 0.717) is 16.0 Å². The molecule has 0 saturated carbocycles. The van der Waals surface area contributed by atoms with Crippen molar-refractivity contribution in [2.45, 2.75) is 5.16 Å². The van der Waals surface area contributed by atoms with E-state index in [0.717, 1.165) is 16.8 Å². The number of pyridine rings is 1. The summed E-state index contributed by atoms with van der Waals surface area (Å²) in [5, 5.41) is 23.0. The van der Waals surface area contributed by atoms with Gasteiger partial charge in [-0.2, -0.15) is 5.10 Å². The maximum Gasteiger partial charge on any atom is 0.250 e. The minimum atomic E-state index is -0.291. The van der Waals surface area contributed by atoms with Crippen LogP contribution >= 0.6 is 23.4 Å². The molecule has 2 N–H and O–H groups in total. The number of nitrogens with zero attached hydrogens (tertiary/aromatic N) is 5. The van der Waals surface area contributed by atoms with Crippen molar-refractivity contribution >= 4 is 35.5 Å². The van der Waals surface area contributed by atoms with Gasteiger partial charge in [0.15, 0.2) is 11.0 Å². The van der Waals surface area contributed by atoms with Crippen LogP contribution in [0.4, 0.5) is 0 Å². The minimum Gasteiger partial charge on any atom is -0.508 e. The number of rotatable bonds is 7. The van der Waals surface area contributed by atoms with Gasteiger partial charge >= 0.3 is 0 Å². The Bertz CT molecular complexity index is 1230. The second-order valence-corrected chi connectivity index (χ2v) is 7.91. The van der Waals surface area contributed by atoms with Crippen LogP contribution in [0.25, 0.3) is 17.1 Å². The highest BCUT2D eigenvalue weighted by Gasteiger charge is 2.17. The highest BCUT2D eigenvalue weighted by Crippen LogP contribution is 2.28. The van der Waals surface area contributed by atoms with Crippen LogP contribution < -0.4 is 5.43 Å². The van der Waals surface area contributed by atoms with Gasteiger partial charge in [-0.05, 0) is 66.2 Å². The molecule has 2 heterocycles. The summed E-state index contributed by atoms with van der Waals surface area (Å²) in [6.45, 7) is 0. The van der Waals surface area contributed by atoms with Gasteiger partial charge in [0.05, 0.1) is 12.0 Å². The molecule has 0 atom stereocenters. The number of carbonyl (C=O) groups is 1. The second-order valence-electron chi connectivity index (χ2n) is 6.53. The van der Waals surface area contributed by atoms with Crippen LogP contribution in [0.3, 0.4) is 0 Å². The summed E-state index contributed by atoms with van der Waals surface area (Å²) in [5.41, 5.74) is 4.90. The van der Waals surface area contributed by atoms with Crippen molar-refractivity contribution in [2.24, 2.45) is 5.10 Å². The number of hydrogen-bond acceptors (Lipinski definition) is 7. The molecule has 160 valence electrons. The molecule has 1 amide bonds. The predicted molar refractivity (Wildman–Crippen MR) is 124 cm³/mol. The van der Waals surface area contributed by atoms with E-state index in [1.54, 1.807) is 48.8 Å². The Morgan fingerprint density at radius 2 is 1.78 bits per heavy atom. The molecule has 0 fully saturated rings. The Kier molecular flexibility index (Phi) is 6.78. The van der Waals surface area contributed by atoms with Gasteiger partial charge in [-0.25, -0.2) is 5.43 Å². The number of carbonyl (C=O) groups excluding carboxylic acids is 1. The summed E-state index contributed by atoms with van der Waals surface area (Å²) in [6.07, 6.45) is 4.87. The van der Waals surface area contributed by atoms with Crippen molar-refractivity contribution in [2.75, 3.05) is 5.75 Å². The van der Waals surface area contributed by atoms with Crippen molar-refractivity contribution in [1.82, 2.24) is 25.2 Å². The first kappa shape index (κ1) is 21.5. The van der Waals surface area contributed by atoms with Crippen LogP contribution in [0.2, 0.25) is 5.02 Å². The molecule has 0 aliphatic rings. The van der Waals surface area contributed by atoms with E-state index in [1.807, 2.05) is 28.8 Å². The zero-order valence-corrected chi connectivity index (χ0v) is 18.2. The normalized spacial score (nSPS) is 11.0. The molecule has 2 aromatic heterocycles. The van der Waals surface area contributed by atoms with Crippen molar-refractivity contribution in [3.63, 3.8) is 0 Å². The molecule has 0 spiro atoms. The van der Waals surface area contributed by atoms with Crippen molar-refractivity contribution in [1.29, 1.82) is 0 Å². The minimum absolute atomic E-state index is 0.0922. The Hall–Kier alpha value is -3.69. The van der Waals surface area contributed by atoms with Crippen LogP contribution in [0, 0.1) is 0 Å². The summed E-state index contributed by atoms with van der Waals surface area (Å²) in [7, 11) is 0. The van der Waals surface area contributed by atoms with Crippen LogP contribution in [0.1, 0.15) is 5.56 Å². The average molecular weight is 465 g/mol. The van der Waals surface area contributed by atoms with E-state index < -0.39 is 0 Å². The molecular formula is C22H17ClN6O2S. The highest BCUT2D eigenvalue weighted by molar-refractivity contribution is 7.99. The highest BCUT2D eigenvalue weighted by atomic mass is 35.5. The fraction of sp³-hybridized carbons (Fsp3) is 0.0455. The average Bonchev–Trinajstić information content (AvgIpc) is 3.24. The van der Waals surface area contributed by atoms with Gasteiger partial charge in [0.2, 0.25) is 0 Å². The maximum atomic E-state index is 12.3. The molecule has 0 radical (unpaired) electrons. The molecular weight excluding hydrogens is 448 g/mol. The van der Waals surface area contributed by atoms with Crippen molar-refractivity contribution in [3.8, 4) is 22.8 Å². The van der Waals surface area contributed by atoms with Crippen LogP contribution in [0.15, 0.2) is 83.3 Å². The smallest absolute Gasteiger partial charge is 0.250 e. The Morgan fingerprint density at radius 1 is 1.06 bits per heavy atom. The standard InChI is InChI=1S/C22H17ClN6O2S/c23-17-3-5-18(6-4-17)29-21(16-9-11-24-12-10-16)27-28-22(29)32-14-20(31)26-25-13-15-1-7-19(30)8-2-15/h1-13,30H,14H2,(H,26,31)/b25-13+. The Labute approximate surface area is 193 Å². The number of phenols is 1. The summed E-state index contributed by atoms with van der Waals surface area (Å²) in [4.78, 5) is 16.3. The number of hydrazone groups is 1. The van der Waals surface area contributed by atoms with E-state index in [9.17, 15) is 9.90 Å². The SMILES string of the molecule is O=C(CSc1nnc(-c2ccncc2)n1-c1ccc(Cl)cc1)N/N=C/c1ccc(O)cc1.